The van der Waals surface area contributed by atoms with E-state index < -0.39 is 0 Å². The summed E-state index contributed by atoms with van der Waals surface area (Å²) in [5, 5.41) is 9.07. The minimum absolute atomic E-state index is 0.320. The summed E-state index contributed by atoms with van der Waals surface area (Å²) in [5.74, 6) is 0. The van der Waals surface area contributed by atoms with Gasteiger partial charge in [-0.25, -0.2) is 0 Å². The van der Waals surface area contributed by atoms with Crippen molar-refractivity contribution in [3.63, 3.8) is 0 Å². The molecule has 11 heavy (non-hydrogen) atoms. The molecule has 1 atom stereocenters. The van der Waals surface area contributed by atoms with Crippen LogP contribution in [0.2, 0.25) is 0 Å². The van der Waals surface area contributed by atoms with Gasteiger partial charge in [-0.2, -0.15) is 0 Å². The molecule has 0 spiro atoms. The Balaban J connectivity index is 2.78. The van der Waals surface area contributed by atoms with Crippen LogP contribution < -0.4 is 5.73 Å². The summed E-state index contributed by atoms with van der Waals surface area (Å²) in [6.07, 6.45) is 0.312. The van der Waals surface area contributed by atoms with Crippen molar-refractivity contribution in [2.75, 3.05) is 5.73 Å². The van der Waals surface area contributed by atoms with E-state index in [1.165, 1.54) is 0 Å². The number of aliphatic hydroxyl groups is 1. The molecule has 1 aromatic rings. The molecule has 3 N–H and O–H groups in total. The highest BCUT2D eigenvalue weighted by molar-refractivity contribution is 5.46. The molecule has 0 aliphatic carbocycles. The quantitative estimate of drug-likeness (QED) is 0.624. The van der Waals surface area contributed by atoms with Crippen LogP contribution in [0.15, 0.2) is 24.3 Å². The average Bonchev–Trinajstić information content (AvgIpc) is 1.93. The van der Waals surface area contributed by atoms with Gasteiger partial charge in [-0.15, -0.1) is 0 Å². The Morgan fingerprint density at radius 1 is 1.45 bits per heavy atom. The van der Waals surface area contributed by atoms with Gasteiger partial charge < -0.3 is 10.8 Å². The van der Waals surface area contributed by atoms with Crippen LogP contribution >= 0.6 is 0 Å². The van der Waals surface area contributed by atoms with Crippen LogP contribution in [-0.2, 0) is 6.42 Å². The third-order valence-electron chi connectivity index (χ3n) is 1.57. The first kappa shape index (κ1) is 8.08. The van der Waals surface area contributed by atoms with Gasteiger partial charge in [-0.3, -0.25) is 0 Å². The summed E-state index contributed by atoms with van der Waals surface area (Å²) in [5.41, 5.74) is 7.43. The molecule has 1 rings (SSSR count). The molecule has 0 saturated carbocycles. The Bertz CT molecular complexity index is 233. The minimum atomic E-state index is -0.320. The molecule has 0 aliphatic rings. The SMILES string of the molecule is C[C@@H](O)Cc1ccccc1N. The second kappa shape index (κ2) is 3.39. The molecule has 0 radical (unpaired) electrons. The standard InChI is InChI=1S/C9H13NO/c1-7(11)6-8-4-2-3-5-9(8)10/h2-5,7,11H,6,10H2,1H3/t7-/m1/s1. The van der Waals surface area contributed by atoms with E-state index in [9.17, 15) is 0 Å². The number of aliphatic hydroxyl groups excluding tert-OH is 1. The lowest BCUT2D eigenvalue weighted by atomic mass is 10.1. The van der Waals surface area contributed by atoms with Gasteiger partial charge in [0, 0.05) is 12.1 Å². The molecule has 1 aromatic carbocycles. The number of hydrogen-bond acceptors (Lipinski definition) is 2. The van der Waals surface area contributed by atoms with E-state index in [4.69, 9.17) is 10.8 Å². The van der Waals surface area contributed by atoms with Gasteiger partial charge in [0.2, 0.25) is 0 Å². The van der Waals surface area contributed by atoms with E-state index in [0.29, 0.717) is 6.42 Å². The third kappa shape index (κ3) is 2.24. The zero-order valence-corrected chi connectivity index (χ0v) is 6.62. The molecule has 0 unspecified atom stereocenters. The van der Waals surface area contributed by atoms with E-state index in [1.807, 2.05) is 24.3 Å². The highest BCUT2D eigenvalue weighted by Crippen LogP contribution is 2.12. The number of rotatable bonds is 2. The largest absolute Gasteiger partial charge is 0.399 e. The number of benzene rings is 1. The smallest absolute Gasteiger partial charge is 0.0553 e. The van der Waals surface area contributed by atoms with Crippen LogP contribution in [0.25, 0.3) is 0 Å². The van der Waals surface area contributed by atoms with Crippen LogP contribution in [0.4, 0.5) is 5.69 Å². The highest BCUT2D eigenvalue weighted by atomic mass is 16.3. The predicted molar refractivity (Wildman–Crippen MR) is 46.2 cm³/mol. The number of para-hydroxylation sites is 1. The van der Waals surface area contributed by atoms with Crippen molar-refractivity contribution in [3.8, 4) is 0 Å². The Morgan fingerprint density at radius 2 is 2.09 bits per heavy atom. The summed E-state index contributed by atoms with van der Waals surface area (Å²) in [4.78, 5) is 0. The van der Waals surface area contributed by atoms with Crippen LogP contribution in [0, 0.1) is 0 Å². The second-order valence-corrected chi connectivity index (χ2v) is 2.75. The molecule has 0 amide bonds. The summed E-state index contributed by atoms with van der Waals surface area (Å²) in [6.45, 7) is 1.76. The zero-order chi connectivity index (χ0) is 8.27. The first-order valence-electron chi connectivity index (χ1n) is 3.71. The molecule has 60 valence electrons. The Labute approximate surface area is 66.7 Å². The number of hydrogen-bond donors (Lipinski definition) is 2. The molecule has 0 bridgehead atoms. The number of nitrogen functional groups attached to an aromatic ring is 1. The normalized spacial score (nSPS) is 12.9. The molecule has 0 heterocycles. The molecular weight excluding hydrogens is 138 g/mol. The number of anilines is 1. The molecule has 0 aliphatic heterocycles. The Hall–Kier alpha value is -1.02. The maximum absolute atomic E-state index is 9.07. The summed E-state index contributed by atoms with van der Waals surface area (Å²) >= 11 is 0. The molecule has 2 heteroatoms. The fourth-order valence-electron chi connectivity index (χ4n) is 1.04. The second-order valence-electron chi connectivity index (χ2n) is 2.75. The molecule has 2 nitrogen and oxygen atoms in total. The number of nitrogens with two attached hydrogens (primary N) is 1. The molecule has 0 fully saturated rings. The highest BCUT2D eigenvalue weighted by Gasteiger charge is 2.00. The topological polar surface area (TPSA) is 46.2 Å². The molecule has 0 aromatic heterocycles. The minimum Gasteiger partial charge on any atom is -0.399 e. The van der Waals surface area contributed by atoms with Crippen molar-refractivity contribution in [2.24, 2.45) is 0 Å². The van der Waals surface area contributed by atoms with E-state index in [1.54, 1.807) is 6.92 Å². The fourth-order valence-corrected chi connectivity index (χ4v) is 1.04. The van der Waals surface area contributed by atoms with Crippen molar-refractivity contribution in [1.82, 2.24) is 0 Å². The van der Waals surface area contributed by atoms with Crippen LogP contribution in [0.5, 0.6) is 0 Å². The van der Waals surface area contributed by atoms with Gasteiger partial charge in [0.25, 0.3) is 0 Å². The van der Waals surface area contributed by atoms with Crippen LogP contribution in [0.1, 0.15) is 12.5 Å². The first-order valence-corrected chi connectivity index (χ1v) is 3.71. The third-order valence-corrected chi connectivity index (χ3v) is 1.57. The van der Waals surface area contributed by atoms with Gasteiger partial charge >= 0.3 is 0 Å². The lowest BCUT2D eigenvalue weighted by Crippen LogP contribution is -2.06. The van der Waals surface area contributed by atoms with Gasteiger partial charge in [0.15, 0.2) is 0 Å². The van der Waals surface area contributed by atoms with Crippen molar-refractivity contribution < 1.29 is 5.11 Å². The maximum atomic E-state index is 9.07. The van der Waals surface area contributed by atoms with E-state index >= 15 is 0 Å². The van der Waals surface area contributed by atoms with Crippen molar-refractivity contribution in [1.29, 1.82) is 0 Å². The van der Waals surface area contributed by atoms with Crippen LogP contribution in [0.3, 0.4) is 0 Å². The lowest BCUT2D eigenvalue weighted by molar-refractivity contribution is 0.195. The van der Waals surface area contributed by atoms with Gasteiger partial charge in [0.1, 0.15) is 0 Å². The fraction of sp³-hybridized carbons (Fsp3) is 0.333. The monoisotopic (exact) mass is 151 g/mol. The van der Waals surface area contributed by atoms with Crippen LogP contribution in [-0.4, -0.2) is 11.2 Å². The van der Waals surface area contributed by atoms with Crippen molar-refractivity contribution in [3.05, 3.63) is 29.8 Å². The summed E-state index contributed by atoms with van der Waals surface area (Å²) in [7, 11) is 0. The molecule has 0 saturated heterocycles. The summed E-state index contributed by atoms with van der Waals surface area (Å²) in [6, 6.07) is 7.59. The average molecular weight is 151 g/mol. The Morgan fingerprint density at radius 3 is 2.64 bits per heavy atom. The van der Waals surface area contributed by atoms with Crippen molar-refractivity contribution in [2.45, 2.75) is 19.4 Å². The predicted octanol–water partition coefficient (Wildman–Crippen LogP) is 1.19. The van der Waals surface area contributed by atoms with E-state index in [2.05, 4.69) is 0 Å². The molecular formula is C9H13NO. The Kier molecular flexibility index (Phi) is 2.49. The maximum Gasteiger partial charge on any atom is 0.0553 e. The first-order chi connectivity index (χ1) is 5.20. The van der Waals surface area contributed by atoms with E-state index in [0.717, 1.165) is 11.3 Å². The summed E-state index contributed by atoms with van der Waals surface area (Å²) < 4.78 is 0. The van der Waals surface area contributed by atoms with Gasteiger partial charge in [-0.05, 0) is 18.6 Å². The van der Waals surface area contributed by atoms with Gasteiger partial charge in [0.05, 0.1) is 6.10 Å². The lowest BCUT2D eigenvalue weighted by Gasteiger charge is -2.06. The van der Waals surface area contributed by atoms with Gasteiger partial charge in [-0.1, -0.05) is 18.2 Å². The van der Waals surface area contributed by atoms with Crippen molar-refractivity contribution >= 4 is 5.69 Å². The van der Waals surface area contributed by atoms with E-state index in [-0.39, 0.29) is 6.10 Å². The zero-order valence-electron chi connectivity index (χ0n) is 6.62.